The van der Waals surface area contributed by atoms with Crippen LogP contribution >= 0.6 is 0 Å². The van der Waals surface area contributed by atoms with Crippen molar-refractivity contribution in [3.63, 3.8) is 0 Å². The van der Waals surface area contributed by atoms with Crippen LogP contribution in [0, 0.1) is 0 Å². The van der Waals surface area contributed by atoms with Gasteiger partial charge in [-0.25, -0.2) is 4.98 Å². The number of carbonyl (C=O) groups excluding carboxylic acids is 1. The SMILES string of the molecule is NC(Cc1ccccc1)c1nc(C(=O)N2CCN(C(c3ccccc3)c3ccccc3)CC2)co1. The highest BCUT2D eigenvalue weighted by molar-refractivity contribution is 5.92. The van der Waals surface area contributed by atoms with Crippen molar-refractivity contribution < 1.29 is 9.21 Å². The maximum atomic E-state index is 13.2. The molecule has 0 bridgehead atoms. The number of rotatable bonds is 7. The van der Waals surface area contributed by atoms with E-state index in [2.05, 4.69) is 58.4 Å². The Bertz CT molecular complexity index is 1180. The number of amides is 1. The summed E-state index contributed by atoms with van der Waals surface area (Å²) in [6.07, 6.45) is 2.04. The van der Waals surface area contributed by atoms with Crippen LogP contribution in [-0.2, 0) is 6.42 Å². The summed E-state index contributed by atoms with van der Waals surface area (Å²) in [5, 5.41) is 0. The fourth-order valence-electron chi connectivity index (χ4n) is 4.74. The van der Waals surface area contributed by atoms with Crippen LogP contribution in [0.1, 0.15) is 45.2 Å². The molecule has 1 unspecified atom stereocenters. The van der Waals surface area contributed by atoms with Gasteiger partial charge in [-0.2, -0.15) is 0 Å². The van der Waals surface area contributed by atoms with Crippen molar-refractivity contribution in [2.24, 2.45) is 5.73 Å². The van der Waals surface area contributed by atoms with Gasteiger partial charge in [0.05, 0.1) is 12.1 Å². The van der Waals surface area contributed by atoms with E-state index in [9.17, 15) is 4.79 Å². The second kappa shape index (κ2) is 10.7. The zero-order chi connectivity index (χ0) is 24.0. The molecule has 1 saturated heterocycles. The zero-order valence-electron chi connectivity index (χ0n) is 19.7. The highest BCUT2D eigenvalue weighted by Crippen LogP contribution is 2.29. The fourth-order valence-corrected chi connectivity index (χ4v) is 4.74. The number of piperazine rings is 1. The molecule has 1 aliphatic heterocycles. The van der Waals surface area contributed by atoms with Crippen LogP contribution < -0.4 is 5.73 Å². The van der Waals surface area contributed by atoms with Crippen LogP contribution in [0.2, 0.25) is 0 Å². The highest BCUT2D eigenvalue weighted by atomic mass is 16.3. The molecule has 6 nitrogen and oxygen atoms in total. The van der Waals surface area contributed by atoms with E-state index in [1.807, 2.05) is 47.4 Å². The predicted molar refractivity (Wildman–Crippen MR) is 136 cm³/mol. The van der Waals surface area contributed by atoms with Gasteiger partial charge in [-0.15, -0.1) is 0 Å². The minimum Gasteiger partial charge on any atom is -0.446 e. The lowest BCUT2D eigenvalue weighted by Crippen LogP contribution is -2.50. The molecule has 5 rings (SSSR count). The van der Waals surface area contributed by atoms with Gasteiger partial charge in [0.15, 0.2) is 5.69 Å². The molecule has 0 radical (unpaired) electrons. The molecule has 0 aliphatic carbocycles. The van der Waals surface area contributed by atoms with E-state index in [1.165, 1.54) is 17.4 Å². The Balaban J connectivity index is 1.24. The summed E-state index contributed by atoms with van der Waals surface area (Å²) >= 11 is 0. The molecule has 4 aromatic rings. The van der Waals surface area contributed by atoms with E-state index in [-0.39, 0.29) is 11.9 Å². The van der Waals surface area contributed by atoms with Gasteiger partial charge in [-0.3, -0.25) is 9.69 Å². The van der Waals surface area contributed by atoms with Crippen LogP contribution in [0.5, 0.6) is 0 Å². The lowest BCUT2D eigenvalue weighted by Gasteiger charge is -2.39. The topological polar surface area (TPSA) is 75.6 Å². The van der Waals surface area contributed by atoms with E-state index >= 15 is 0 Å². The number of benzene rings is 3. The number of nitrogens with two attached hydrogens (primary N) is 1. The second-order valence-corrected chi connectivity index (χ2v) is 8.92. The lowest BCUT2D eigenvalue weighted by molar-refractivity contribution is 0.0591. The molecule has 2 N–H and O–H groups in total. The van der Waals surface area contributed by atoms with Gasteiger partial charge in [0.1, 0.15) is 6.26 Å². The molecule has 1 aliphatic rings. The zero-order valence-corrected chi connectivity index (χ0v) is 19.7. The summed E-state index contributed by atoms with van der Waals surface area (Å²) in [6, 6.07) is 30.8. The van der Waals surface area contributed by atoms with Crippen molar-refractivity contribution in [2.45, 2.75) is 18.5 Å². The molecule has 0 saturated carbocycles. The number of oxazole rings is 1. The second-order valence-electron chi connectivity index (χ2n) is 8.92. The molecule has 35 heavy (non-hydrogen) atoms. The third-order valence-electron chi connectivity index (χ3n) is 6.55. The summed E-state index contributed by atoms with van der Waals surface area (Å²) in [5.41, 5.74) is 10.2. The standard InChI is InChI=1S/C29H30N4O2/c30-25(20-22-10-4-1-5-11-22)28-31-26(21-35-28)29(34)33-18-16-32(17-19-33)27(23-12-6-2-7-13-23)24-14-8-3-9-15-24/h1-15,21,25,27H,16-20,30H2. The normalized spacial score (nSPS) is 15.3. The number of aromatic nitrogens is 1. The Hall–Kier alpha value is -3.74. The number of nitrogens with zero attached hydrogens (tertiary/aromatic N) is 3. The van der Waals surface area contributed by atoms with Crippen LogP contribution in [0.25, 0.3) is 0 Å². The number of hydrogen-bond acceptors (Lipinski definition) is 5. The van der Waals surface area contributed by atoms with Gasteiger partial charge in [-0.1, -0.05) is 91.0 Å². The smallest absolute Gasteiger partial charge is 0.275 e. The molecular weight excluding hydrogens is 436 g/mol. The molecule has 0 spiro atoms. The van der Waals surface area contributed by atoms with Gasteiger partial charge in [0, 0.05) is 26.2 Å². The van der Waals surface area contributed by atoms with E-state index < -0.39 is 6.04 Å². The van der Waals surface area contributed by atoms with E-state index in [1.54, 1.807) is 0 Å². The van der Waals surface area contributed by atoms with Gasteiger partial charge in [0.25, 0.3) is 5.91 Å². The Labute approximate surface area is 206 Å². The van der Waals surface area contributed by atoms with E-state index in [4.69, 9.17) is 10.2 Å². The van der Waals surface area contributed by atoms with Gasteiger partial charge < -0.3 is 15.1 Å². The summed E-state index contributed by atoms with van der Waals surface area (Å²) in [6.45, 7) is 2.82. The monoisotopic (exact) mass is 466 g/mol. The van der Waals surface area contributed by atoms with E-state index in [0.29, 0.717) is 31.1 Å². The minimum atomic E-state index is -0.395. The fraction of sp³-hybridized carbons (Fsp3) is 0.241. The number of hydrogen-bond donors (Lipinski definition) is 1. The van der Waals surface area contributed by atoms with Crippen LogP contribution in [-0.4, -0.2) is 46.9 Å². The van der Waals surface area contributed by atoms with Crippen molar-refractivity contribution in [1.29, 1.82) is 0 Å². The summed E-state index contributed by atoms with van der Waals surface area (Å²) < 4.78 is 5.59. The molecule has 1 atom stereocenters. The summed E-state index contributed by atoms with van der Waals surface area (Å²) in [4.78, 5) is 21.9. The molecular formula is C29H30N4O2. The maximum absolute atomic E-state index is 13.2. The molecule has 6 heteroatoms. The van der Waals surface area contributed by atoms with Crippen molar-refractivity contribution in [2.75, 3.05) is 26.2 Å². The van der Waals surface area contributed by atoms with Crippen molar-refractivity contribution in [3.8, 4) is 0 Å². The maximum Gasteiger partial charge on any atom is 0.275 e. The largest absolute Gasteiger partial charge is 0.446 e. The molecule has 1 amide bonds. The summed E-state index contributed by atoms with van der Waals surface area (Å²) in [7, 11) is 0. The predicted octanol–water partition coefficient (Wildman–Crippen LogP) is 4.46. The quantitative estimate of drug-likeness (QED) is 0.435. The van der Waals surface area contributed by atoms with Crippen LogP contribution in [0.4, 0.5) is 0 Å². The van der Waals surface area contributed by atoms with Gasteiger partial charge in [-0.05, 0) is 23.1 Å². The van der Waals surface area contributed by atoms with Crippen molar-refractivity contribution in [1.82, 2.24) is 14.8 Å². The van der Waals surface area contributed by atoms with Gasteiger partial charge in [0.2, 0.25) is 5.89 Å². The first-order valence-electron chi connectivity index (χ1n) is 12.1. The molecule has 1 aromatic heterocycles. The van der Waals surface area contributed by atoms with Crippen molar-refractivity contribution in [3.05, 3.63) is 126 Å². The first kappa shape index (κ1) is 23.0. The van der Waals surface area contributed by atoms with Crippen molar-refractivity contribution >= 4 is 5.91 Å². The van der Waals surface area contributed by atoms with Crippen LogP contribution in [0.15, 0.2) is 102 Å². The summed E-state index contributed by atoms with van der Waals surface area (Å²) in [5.74, 6) is 0.284. The average Bonchev–Trinajstić information content (AvgIpc) is 3.41. The lowest BCUT2D eigenvalue weighted by atomic mass is 9.96. The highest BCUT2D eigenvalue weighted by Gasteiger charge is 2.30. The Morgan fingerprint density at radius 3 is 1.94 bits per heavy atom. The Morgan fingerprint density at radius 2 is 1.37 bits per heavy atom. The first-order valence-corrected chi connectivity index (χ1v) is 12.1. The first-order chi connectivity index (χ1) is 17.2. The molecule has 2 heterocycles. The van der Waals surface area contributed by atoms with Gasteiger partial charge >= 0.3 is 0 Å². The molecule has 1 fully saturated rings. The Morgan fingerprint density at radius 1 is 0.829 bits per heavy atom. The molecule has 178 valence electrons. The van der Waals surface area contributed by atoms with Crippen LogP contribution in [0.3, 0.4) is 0 Å². The Kier molecular flexibility index (Phi) is 7.02. The van der Waals surface area contributed by atoms with E-state index in [0.717, 1.165) is 18.7 Å². The average molecular weight is 467 g/mol. The third kappa shape index (κ3) is 5.34. The minimum absolute atomic E-state index is 0.109. The number of carbonyl (C=O) groups is 1. The third-order valence-corrected chi connectivity index (χ3v) is 6.55. The molecule has 3 aromatic carbocycles.